The van der Waals surface area contributed by atoms with Crippen molar-refractivity contribution in [3.63, 3.8) is 0 Å². The van der Waals surface area contributed by atoms with Crippen molar-refractivity contribution >= 4 is 19.7 Å². The average Bonchev–Trinajstić information content (AvgIpc) is 3.59. The second-order valence-electron chi connectivity index (χ2n) is 10.1. The number of nitrogens with zero attached hydrogens (tertiary/aromatic N) is 4. The molecule has 17 nitrogen and oxygen atoms in total. The third-order valence-corrected chi connectivity index (χ3v) is 8.14. The molecule has 1 N–H and O–H groups in total. The van der Waals surface area contributed by atoms with E-state index >= 15 is 0 Å². The molecule has 298 valence electrons. The Balaban J connectivity index is 0.00000664. The van der Waals surface area contributed by atoms with Gasteiger partial charge in [-0.3, -0.25) is 9.36 Å². The number of benzene rings is 1. The summed E-state index contributed by atoms with van der Waals surface area (Å²) < 4.78 is 68.0. The first-order valence-corrected chi connectivity index (χ1v) is 19.5. The number of rotatable bonds is 34. The zero-order chi connectivity index (χ0) is 37.8. The molecule has 0 fully saturated rings. The molecule has 0 radical (unpaired) electrons. The highest BCUT2D eigenvalue weighted by atomic mass is 31.2. The van der Waals surface area contributed by atoms with E-state index in [-0.39, 0.29) is 31.8 Å². The van der Waals surface area contributed by atoms with Crippen molar-refractivity contribution in [2.75, 3.05) is 118 Å². The molecule has 0 saturated heterocycles. The van der Waals surface area contributed by atoms with Crippen LogP contribution in [0.4, 0.5) is 0 Å². The van der Waals surface area contributed by atoms with Crippen molar-refractivity contribution in [1.82, 2.24) is 20.4 Å². The van der Waals surface area contributed by atoms with Gasteiger partial charge in [-0.25, -0.2) is 10.1 Å². The van der Waals surface area contributed by atoms with Crippen LogP contribution in [0.3, 0.4) is 0 Å². The zero-order valence-electron chi connectivity index (χ0n) is 31.3. The molecule has 18 heteroatoms. The molecule has 0 unspecified atom stereocenters. The van der Waals surface area contributed by atoms with E-state index in [1.807, 2.05) is 44.2 Å². The molecule has 0 aliphatic rings. The Morgan fingerprint density at radius 2 is 1.15 bits per heavy atom. The summed E-state index contributed by atoms with van der Waals surface area (Å²) in [6, 6.07) is 9.46. The van der Waals surface area contributed by atoms with Gasteiger partial charge >= 0.3 is 7.60 Å². The second kappa shape index (κ2) is 34.1. The van der Waals surface area contributed by atoms with E-state index < -0.39 is 7.60 Å². The Hall–Kier alpha value is -2.67. The average molecular weight is 762 g/mol. The van der Waals surface area contributed by atoms with Gasteiger partial charge in [0.05, 0.1) is 137 Å². The standard InChI is InChI=1S/C32H54N5O12P.C2H6/c1-3-48-50(39,49-4-2)25-24-46-21-20-44-17-16-42-13-12-40-10-11-41-14-15-43-18-19-45-22-23-47-29-31-27-37(36-34-31)28-32(38)35-33-26-30-8-6-5-7-9-30;1-2/h5-9,26-27H,3-4,10-25,28-29H2,1-2H3,(H,35,38);1-2H3/b33-26+;. The highest BCUT2D eigenvalue weighted by Crippen LogP contribution is 2.47. The van der Waals surface area contributed by atoms with Crippen LogP contribution in [0.2, 0.25) is 0 Å². The molecule has 0 spiro atoms. The largest absolute Gasteiger partial charge is 0.378 e. The Kier molecular flexibility index (Phi) is 31.1. The normalized spacial score (nSPS) is 11.5. The minimum Gasteiger partial charge on any atom is -0.378 e. The first-order valence-electron chi connectivity index (χ1n) is 17.8. The SMILES string of the molecule is CC.CCOP(=O)(CCOCCOCCOCCOCCOCCOCCOCCOCc1cn(CC(=O)N/N=C/c2ccccc2)nn1)OCC. The Morgan fingerprint density at radius 1 is 0.712 bits per heavy atom. The number of carbonyl (C=O) groups is 1. The fourth-order valence-corrected chi connectivity index (χ4v) is 5.31. The van der Waals surface area contributed by atoms with Crippen LogP contribution in [0.25, 0.3) is 0 Å². The molecule has 2 rings (SSSR count). The van der Waals surface area contributed by atoms with Crippen LogP contribution in [0.5, 0.6) is 0 Å². The predicted octanol–water partition coefficient (Wildman–Crippen LogP) is 3.35. The van der Waals surface area contributed by atoms with E-state index in [4.69, 9.17) is 46.9 Å². The number of hydrogen-bond acceptors (Lipinski definition) is 15. The highest BCUT2D eigenvalue weighted by Gasteiger charge is 2.22. The van der Waals surface area contributed by atoms with Crippen LogP contribution in [-0.4, -0.2) is 146 Å². The fraction of sp³-hybridized carbons (Fsp3) is 0.706. The van der Waals surface area contributed by atoms with Crippen molar-refractivity contribution < 1.29 is 56.3 Å². The lowest BCUT2D eigenvalue weighted by atomic mass is 10.2. The van der Waals surface area contributed by atoms with Gasteiger partial charge in [-0.2, -0.15) is 5.10 Å². The Morgan fingerprint density at radius 3 is 1.62 bits per heavy atom. The van der Waals surface area contributed by atoms with Gasteiger partial charge in [-0.1, -0.05) is 49.4 Å². The first-order chi connectivity index (χ1) is 25.5. The molecule has 2 aromatic rings. The van der Waals surface area contributed by atoms with Gasteiger partial charge in [-0.05, 0) is 19.4 Å². The summed E-state index contributed by atoms with van der Waals surface area (Å²) in [5, 5.41) is 11.9. The Labute approximate surface area is 308 Å². The van der Waals surface area contributed by atoms with Crippen LogP contribution >= 0.6 is 7.60 Å². The zero-order valence-corrected chi connectivity index (χ0v) is 32.2. The van der Waals surface area contributed by atoms with Gasteiger partial charge < -0.3 is 46.9 Å². The number of hydrazone groups is 1. The predicted molar refractivity (Wildman–Crippen MR) is 195 cm³/mol. The smallest absolute Gasteiger partial charge is 0.332 e. The second-order valence-corrected chi connectivity index (χ2v) is 12.3. The van der Waals surface area contributed by atoms with Crippen LogP contribution in [0, 0.1) is 0 Å². The molecule has 0 aliphatic carbocycles. The molecular formula is C34H60N5O12P. The number of aromatic nitrogens is 3. The summed E-state index contributed by atoms with van der Waals surface area (Å²) in [6.45, 7) is 15.0. The quantitative estimate of drug-likeness (QED) is 0.0475. The van der Waals surface area contributed by atoms with Crippen LogP contribution in [-0.2, 0) is 69.5 Å². The van der Waals surface area contributed by atoms with Crippen molar-refractivity contribution in [1.29, 1.82) is 0 Å². The maximum Gasteiger partial charge on any atom is 0.332 e. The molecule has 0 atom stereocenters. The summed E-state index contributed by atoms with van der Waals surface area (Å²) in [5.41, 5.74) is 3.95. The van der Waals surface area contributed by atoms with Crippen LogP contribution in [0.15, 0.2) is 41.6 Å². The first kappa shape index (κ1) is 47.4. The van der Waals surface area contributed by atoms with E-state index in [0.29, 0.717) is 111 Å². The summed E-state index contributed by atoms with van der Waals surface area (Å²) in [6.07, 6.45) is 3.44. The lowest BCUT2D eigenvalue weighted by Crippen LogP contribution is -2.23. The molecule has 1 aromatic carbocycles. The molecule has 0 aliphatic heterocycles. The van der Waals surface area contributed by atoms with Gasteiger partial charge in [-0.15, -0.1) is 5.10 Å². The van der Waals surface area contributed by atoms with Crippen molar-refractivity contribution in [2.45, 2.75) is 40.8 Å². The van der Waals surface area contributed by atoms with E-state index in [1.165, 1.54) is 4.68 Å². The summed E-state index contributed by atoms with van der Waals surface area (Å²) in [7, 11) is -3.06. The van der Waals surface area contributed by atoms with E-state index in [9.17, 15) is 9.36 Å². The number of ether oxygens (including phenoxy) is 8. The maximum absolute atomic E-state index is 12.3. The lowest BCUT2D eigenvalue weighted by Gasteiger charge is -2.16. The van der Waals surface area contributed by atoms with E-state index in [1.54, 1.807) is 26.3 Å². The number of nitrogens with one attached hydrogen (secondary N) is 1. The van der Waals surface area contributed by atoms with Gasteiger partial charge in [0.15, 0.2) is 0 Å². The molecule has 1 heterocycles. The highest BCUT2D eigenvalue weighted by molar-refractivity contribution is 7.53. The van der Waals surface area contributed by atoms with E-state index in [2.05, 4.69) is 20.8 Å². The van der Waals surface area contributed by atoms with Crippen molar-refractivity contribution in [3.05, 3.63) is 47.8 Å². The van der Waals surface area contributed by atoms with Crippen LogP contribution in [0.1, 0.15) is 39.0 Å². The third kappa shape index (κ3) is 27.0. The maximum atomic E-state index is 12.3. The fourth-order valence-electron chi connectivity index (χ4n) is 3.83. The minimum atomic E-state index is -3.06. The van der Waals surface area contributed by atoms with E-state index in [0.717, 1.165) is 5.56 Å². The number of amides is 1. The lowest BCUT2D eigenvalue weighted by molar-refractivity contribution is -0.121. The van der Waals surface area contributed by atoms with Gasteiger partial charge in [0.25, 0.3) is 5.91 Å². The van der Waals surface area contributed by atoms with Gasteiger partial charge in [0, 0.05) is 0 Å². The molecule has 1 amide bonds. The summed E-state index contributed by atoms with van der Waals surface area (Å²) in [4.78, 5) is 12.0. The third-order valence-electron chi connectivity index (χ3n) is 6.11. The molecular weight excluding hydrogens is 701 g/mol. The molecule has 0 saturated carbocycles. The number of carbonyl (C=O) groups excluding carboxylic acids is 1. The molecule has 0 bridgehead atoms. The topological polar surface area (TPSA) is 182 Å². The summed E-state index contributed by atoms with van der Waals surface area (Å²) in [5.74, 6) is -0.313. The van der Waals surface area contributed by atoms with Crippen LogP contribution < -0.4 is 5.43 Å². The molecule has 52 heavy (non-hydrogen) atoms. The number of hydrogen-bond donors (Lipinski definition) is 1. The summed E-state index contributed by atoms with van der Waals surface area (Å²) >= 11 is 0. The monoisotopic (exact) mass is 761 g/mol. The van der Waals surface area contributed by atoms with Crippen molar-refractivity contribution in [3.8, 4) is 0 Å². The Bertz CT molecular complexity index is 1170. The van der Waals surface area contributed by atoms with Gasteiger partial charge in [0.2, 0.25) is 0 Å². The minimum absolute atomic E-state index is 0.00584. The van der Waals surface area contributed by atoms with Crippen molar-refractivity contribution in [2.24, 2.45) is 5.10 Å². The molecule has 1 aromatic heterocycles. The van der Waals surface area contributed by atoms with Gasteiger partial charge in [0.1, 0.15) is 12.2 Å².